The number of nitrogens with one attached hydrogen (secondary N) is 1. The van der Waals surface area contributed by atoms with Gasteiger partial charge in [0, 0.05) is 5.56 Å². The maximum Gasteiger partial charge on any atom is 0.436 e. The zero-order valence-corrected chi connectivity index (χ0v) is 12.4. The van der Waals surface area contributed by atoms with Gasteiger partial charge in [-0.2, -0.15) is 26.3 Å². The van der Waals surface area contributed by atoms with Gasteiger partial charge in [-0.25, -0.2) is 10.1 Å². The molecule has 0 bridgehead atoms. The molecule has 3 rings (SSSR count). The highest BCUT2D eigenvalue weighted by atomic mass is 19.4. The number of amides is 1. The number of ether oxygens (including phenoxy) is 1. The van der Waals surface area contributed by atoms with E-state index in [1.807, 2.05) is 5.43 Å². The van der Waals surface area contributed by atoms with E-state index in [0.29, 0.717) is 16.9 Å². The van der Waals surface area contributed by atoms with Crippen LogP contribution in [-0.4, -0.2) is 33.4 Å². The molecule has 26 heavy (non-hydrogen) atoms. The second kappa shape index (κ2) is 6.00. The molecule has 138 valence electrons. The van der Waals surface area contributed by atoms with Crippen molar-refractivity contribution in [1.82, 2.24) is 20.4 Å². The molecule has 2 heterocycles. The lowest BCUT2D eigenvalue weighted by molar-refractivity contribution is -0.141. The normalized spacial score (nSPS) is 15.3. The van der Waals surface area contributed by atoms with Gasteiger partial charge in [0.2, 0.25) is 5.90 Å². The largest absolute Gasteiger partial charge is 0.466 e. The zero-order valence-electron chi connectivity index (χ0n) is 12.4. The van der Waals surface area contributed by atoms with E-state index in [4.69, 9.17) is 4.74 Å². The summed E-state index contributed by atoms with van der Waals surface area (Å²) in [6.07, 6.45) is -9.41. The molecule has 0 saturated carbocycles. The van der Waals surface area contributed by atoms with E-state index >= 15 is 0 Å². The standard InChI is InChI=1S/C13H7F6N5O2/c14-12(15,16)7-3-6(11-22-21-10(25)5-26-11)1-2-8(7)24-4-9(20-23-24)13(17,18)19/h1-4H,5H2,(H,21,25). The predicted molar refractivity (Wildman–Crippen MR) is 72.0 cm³/mol. The number of hydrazone groups is 1. The van der Waals surface area contributed by atoms with Gasteiger partial charge in [-0.3, -0.25) is 4.79 Å². The van der Waals surface area contributed by atoms with Crippen molar-refractivity contribution in [2.75, 3.05) is 6.61 Å². The highest BCUT2D eigenvalue weighted by Crippen LogP contribution is 2.35. The molecule has 7 nitrogen and oxygen atoms in total. The first-order chi connectivity index (χ1) is 12.1. The van der Waals surface area contributed by atoms with E-state index in [0.717, 1.165) is 12.1 Å². The van der Waals surface area contributed by atoms with Crippen LogP contribution in [0.4, 0.5) is 26.3 Å². The maximum atomic E-state index is 13.3. The number of aromatic nitrogens is 3. The first-order valence-electron chi connectivity index (χ1n) is 6.76. The first kappa shape index (κ1) is 17.7. The molecule has 13 heteroatoms. The van der Waals surface area contributed by atoms with Gasteiger partial charge in [0.1, 0.15) is 0 Å². The van der Waals surface area contributed by atoms with Crippen LogP contribution in [0, 0.1) is 0 Å². The summed E-state index contributed by atoms with van der Waals surface area (Å²) in [6, 6.07) is 2.66. The quantitative estimate of drug-likeness (QED) is 0.811. The van der Waals surface area contributed by atoms with E-state index in [9.17, 15) is 31.1 Å². The Morgan fingerprint density at radius 3 is 2.38 bits per heavy atom. The third-order valence-electron chi connectivity index (χ3n) is 3.20. The van der Waals surface area contributed by atoms with Crippen LogP contribution >= 0.6 is 0 Å². The molecule has 0 aliphatic carbocycles. The number of rotatable bonds is 2. The summed E-state index contributed by atoms with van der Waals surface area (Å²) in [7, 11) is 0. The summed E-state index contributed by atoms with van der Waals surface area (Å²) >= 11 is 0. The molecule has 0 spiro atoms. The lowest BCUT2D eigenvalue weighted by Crippen LogP contribution is -2.32. The van der Waals surface area contributed by atoms with Crippen LogP contribution in [0.1, 0.15) is 16.8 Å². The molecule has 1 aliphatic heterocycles. The Labute approximate surface area is 140 Å². The number of alkyl halides is 6. The lowest BCUT2D eigenvalue weighted by atomic mass is 10.1. The molecular formula is C13H7F6N5O2. The fraction of sp³-hybridized carbons (Fsp3) is 0.231. The molecule has 1 aromatic heterocycles. The number of benzene rings is 1. The van der Waals surface area contributed by atoms with Crippen molar-refractivity contribution < 1.29 is 35.9 Å². The van der Waals surface area contributed by atoms with Gasteiger partial charge in [0.25, 0.3) is 5.91 Å². The van der Waals surface area contributed by atoms with Gasteiger partial charge in [0.05, 0.1) is 17.4 Å². The first-order valence-corrected chi connectivity index (χ1v) is 6.76. The fourth-order valence-electron chi connectivity index (χ4n) is 2.07. The van der Waals surface area contributed by atoms with Gasteiger partial charge < -0.3 is 4.74 Å². The van der Waals surface area contributed by atoms with Gasteiger partial charge in [-0.15, -0.1) is 10.2 Å². The Morgan fingerprint density at radius 1 is 1.12 bits per heavy atom. The van der Waals surface area contributed by atoms with Crippen LogP contribution in [0.15, 0.2) is 29.5 Å². The second-order valence-electron chi connectivity index (χ2n) is 5.02. The number of hydrogen-bond acceptors (Lipinski definition) is 5. The summed E-state index contributed by atoms with van der Waals surface area (Å²) in [5, 5.41) is 9.43. The number of hydrogen-bond donors (Lipinski definition) is 1. The minimum atomic E-state index is -4.91. The molecule has 0 saturated heterocycles. The molecule has 2 aromatic rings. The average Bonchev–Trinajstić information content (AvgIpc) is 3.04. The molecule has 1 N–H and O–H groups in total. The Balaban J connectivity index is 2.06. The molecule has 0 atom stereocenters. The highest BCUT2D eigenvalue weighted by molar-refractivity contribution is 5.98. The summed E-state index contributed by atoms with van der Waals surface area (Å²) < 4.78 is 83.1. The smallest absolute Gasteiger partial charge is 0.436 e. The van der Waals surface area contributed by atoms with Gasteiger partial charge >= 0.3 is 12.4 Å². The van der Waals surface area contributed by atoms with Crippen LogP contribution in [0.5, 0.6) is 0 Å². The van der Waals surface area contributed by atoms with Gasteiger partial charge in [0.15, 0.2) is 12.3 Å². The Morgan fingerprint density at radius 2 is 1.85 bits per heavy atom. The average molecular weight is 379 g/mol. The predicted octanol–water partition coefficient (Wildman–Crippen LogP) is 2.11. The van der Waals surface area contributed by atoms with Crippen molar-refractivity contribution in [3.8, 4) is 5.69 Å². The van der Waals surface area contributed by atoms with E-state index in [2.05, 4.69) is 15.4 Å². The van der Waals surface area contributed by atoms with Crippen LogP contribution in [0.3, 0.4) is 0 Å². The zero-order chi connectivity index (χ0) is 19.1. The lowest BCUT2D eigenvalue weighted by Gasteiger charge is -2.17. The number of carbonyl (C=O) groups is 1. The highest BCUT2D eigenvalue weighted by Gasteiger charge is 2.38. The Kier molecular flexibility index (Phi) is 4.08. The van der Waals surface area contributed by atoms with Crippen molar-refractivity contribution in [2.24, 2.45) is 5.10 Å². The third kappa shape index (κ3) is 3.45. The Bertz CT molecular complexity index is 886. The third-order valence-corrected chi connectivity index (χ3v) is 3.20. The van der Waals surface area contributed by atoms with Crippen LogP contribution in [0.2, 0.25) is 0 Å². The number of nitrogens with zero attached hydrogens (tertiary/aromatic N) is 4. The second-order valence-corrected chi connectivity index (χ2v) is 5.02. The van der Waals surface area contributed by atoms with Crippen LogP contribution in [0.25, 0.3) is 5.69 Å². The van der Waals surface area contributed by atoms with Crippen molar-refractivity contribution in [2.45, 2.75) is 12.4 Å². The monoisotopic (exact) mass is 379 g/mol. The molecular weight excluding hydrogens is 372 g/mol. The SMILES string of the molecule is O=C1COC(c2ccc(-n3cc(C(F)(F)F)nn3)c(C(F)(F)F)c2)=NN1. The molecule has 1 aromatic carbocycles. The van der Waals surface area contributed by atoms with E-state index in [1.165, 1.54) is 0 Å². The maximum absolute atomic E-state index is 13.3. The summed E-state index contributed by atoms with van der Waals surface area (Å²) in [6.45, 7) is -0.431. The minimum absolute atomic E-state index is 0.128. The van der Waals surface area contributed by atoms with Crippen molar-refractivity contribution >= 4 is 11.8 Å². The molecule has 0 unspecified atom stereocenters. The molecule has 0 radical (unpaired) electrons. The number of carbonyl (C=O) groups excluding carboxylic acids is 1. The molecule has 0 fully saturated rings. The van der Waals surface area contributed by atoms with Crippen LogP contribution in [-0.2, 0) is 21.9 Å². The van der Waals surface area contributed by atoms with E-state index < -0.39 is 41.8 Å². The number of halogens is 6. The minimum Gasteiger partial charge on any atom is -0.466 e. The topological polar surface area (TPSA) is 81.4 Å². The van der Waals surface area contributed by atoms with Crippen molar-refractivity contribution in [3.63, 3.8) is 0 Å². The van der Waals surface area contributed by atoms with Crippen LogP contribution < -0.4 is 5.43 Å². The van der Waals surface area contributed by atoms with Gasteiger partial charge in [-0.05, 0) is 18.2 Å². The molecule has 1 amide bonds. The van der Waals surface area contributed by atoms with E-state index in [-0.39, 0.29) is 11.5 Å². The van der Waals surface area contributed by atoms with Crippen molar-refractivity contribution in [3.05, 3.63) is 41.2 Å². The summed E-state index contributed by atoms with van der Waals surface area (Å²) in [5.41, 5.74) is -1.46. The van der Waals surface area contributed by atoms with Crippen molar-refractivity contribution in [1.29, 1.82) is 0 Å². The Hall–Kier alpha value is -3.12. The fourth-order valence-corrected chi connectivity index (χ4v) is 2.07. The summed E-state index contributed by atoms with van der Waals surface area (Å²) in [4.78, 5) is 11.0. The summed E-state index contributed by atoms with van der Waals surface area (Å²) in [5.74, 6) is -0.847. The van der Waals surface area contributed by atoms with E-state index in [1.54, 1.807) is 0 Å². The molecule has 1 aliphatic rings. The van der Waals surface area contributed by atoms with Gasteiger partial charge in [-0.1, -0.05) is 5.21 Å².